The van der Waals surface area contributed by atoms with E-state index >= 15 is 0 Å². The highest BCUT2D eigenvalue weighted by atomic mass is 14.8. The monoisotopic (exact) mass is 390 g/mol. The Morgan fingerprint density at radius 1 is 0.533 bits per heavy atom. The predicted octanol–water partition coefficient (Wildman–Crippen LogP) is 7.10. The van der Waals surface area contributed by atoms with Crippen molar-refractivity contribution in [2.45, 2.75) is 26.7 Å². The van der Waals surface area contributed by atoms with Crippen LogP contribution in [-0.2, 0) is 12.8 Å². The van der Waals surface area contributed by atoms with Crippen molar-refractivity contribution < 1.29 is 0 Å². The second-order valence-corrected chi connectivity index (χ2v) is 7.34. The van der Waals surface area contributed by atoms with Gasteiger partial charge in [-0.05, 0) is 59.4 Å². The van der Waals surface area contributed by atoms with E-state index in [0.29, 0.717) is 0 Å². The van der Waals surface area contributed by atoms with Gasteiger partial charge in [-0.2, -0.15) is 0 Å². The number of nitrogens with zero attached hydrogens (tertiary/aromatic N) is 2. The van der Waals surface area contributed by atoms with Gasteiger partial charge in [0, 0.05) is 0 Å². The minimum Gasteiger partial charge on any atom is -0.245 e. The fraction of sp³-hybridized carbons (Fsp3) is 0.143. The molecule has 0 aliphatic heterocycles. The molecular formula is C28H26N2. The molecule has 30 heavy (non-hydrogen) atoms. The van der Waals surface area contributed by atoms with Crippen molar-refractivity contribution in [3.05, 3.63) is 106 Å². The van der Waals surface area contributed by atoms with Crippen molar-refractivity contribution in [1.29, 1.82) is 0 Å². The molecule has 2 heteroatoms. The quantitative estimate of drug-likeness (QED) is 0.351. The summed E-state index contributed by atoms with van der Waals surface area (Å²) in [7, 11) is 0. The average Bonchev–Trinajstić information content (AvgIpc) is 2.81. The van der Waals surface area contributed by atoms with E-state index in [1.165, 1.54) is 11.1 Å². The maximum Gasteiger partial charge on any atom is 0.0894 e. The molecule has 0 bridgehead atoms. The zero-order valence-corrected chi connectivity index (χ0v) is 17.5. The number of rotatable bonds is 6. The van der Waals surface area contributed by atoms with Gasteiger partial charge in [0.1, 0.15) is 0 Å². The lowest BCUT2D eigenvalue weighted by Gasteiger charge is -2.04. The van der Waals surface area contributed by atoms with Gasteiger partial charge < -0.3 is 0 Å². The third-order valence-electron chi connectivity index (χ3n) is 5.27. The lowest BCUT2D eigenvalue weighted by molar-refractivity contribution is 1.14. The Balaban J connectivity index is 1.69. The molecule has 0 unspecified atom stereocenters. The molecule has 0 saturated carbocycles. The minimum atomic E-state index is 0.870. The molecule has 0 amide bonds. The summed E-state index contributed by atoms with van der Waals surface area (Å²) in [5.74, 6) is 0. The number of hydrogen-bond donors (Lipinski definition) is 0. The van der Waals surface area contributed by atoms with Crippen LogP contribution >= 0.6 is 0 Å². The van der Waals surface area contributed by atoms with E-state index in [4.69, 9.17) is 9.97 Å². The third-order valence-corrected chi connectivity index (χ3v) is 5.27. The van der Waals surface area contributed by atoms with Gasteiger partial charge in [0.05, 0.1) is 22.4 Å². The fourth-order valence-electron chi connectivity index (χ4n) is 3.35. The van der Waals surface area contributed by atoms with Crippen LogP contribution in [0.2, 0.25) is 0 Å². The molecule has 0 saturated heterocycles. The molecule has 1 aromatic heterocycles. The maximum atomic E-state index is 4.86. The fourth-order valence-corrected chi connectivity index (χ4v) is 3.35. The Hall–Kier alpha value is -3.52. The minimum absolute atomic E-state index is 0.870. The molecule has 0 spiro atoms. The molecule has 0 aliphatic carbocycles. The predicted molar refractivity (Wildman–Crippen MR) is 129 cm³/mol. The van der Waals surface area contributed by atoms with E-state index in [9.17, 15) is 0 Å². The van der Waals surface area contributed by atoms with E-state index in [-0.39, 0.29) is 0 Å². The van der Waals surface area contributed by atoms with E-state index < -0.39 is 0 Å². The summed E-state index contributed by atoms with van der Waals surface area (Å²) in [6, 6.07) is 25.3. The summed E-state index contributed by atoms with van der Waals surface area (Å²) in [5, 5.41) is 0. The van der Waals surface area contributed by atoms with Gasteiger partial charge in [0.25, 0.3) is 0 Å². The third kappa shape index (κ3) is 4.72. The smallest absolute Gasteiger partial charge is 0.0894 e. The molecule has 0 N–H and O–H groups in total. The molecule has 0 radical (unpaired) electrons. The standard InChI is InChI=1S/C28H26N2/c1-3-21-9-13-23(14-10-21)17-19-27-28(30-26-8-6-5-7-25(26)29-27)20-18-24-15-11-22(4-2)12-16-24/h5-20H,3-4H2,1-2H3. The topological polar surface area (TPSA) is 25.8 Å². The number of aryl methyl sites for hydroxylation is 2. The molecule has 2 nitrogen and oxygen atoms in total. The van der Waals surface area contributed by atoms with Gasteiger partial charge in [-0.3, -0.25) is 0 Å². The molecule has 4 aromatic rings. The number of benzene rings is 3. The highest BCUT2D eigenvalue weighted by molar-refractivity contribution is 5.82. The van der Waals surface area contributed by atoms with Gasteiger partial charge in [-0.25, -0.2) is 9.97 Å². The number of fused-ring (bicyclic) bond motifs is 1. The lowest BCUT2D eigenvalue weighted by atomic mass is 10.1. The molecule has 3 aromatic carbocycles. The number of para-hydroxylation sites is 2. The van der Waals surface area contributed by atoms with Crippen molar-refractivity contribution in [3.8, 4) is 0 Å². The van der Waals surface area contributed by atoms with E-state index in [2.05, 4.69) is 86.7 Å². The number of hydrogen-bond acceptors (Lipinski definition) is 2. The highest BCUT2D eigenvalue weighted by Gasteiger charge is 2.04. The average molecular weight is 391 g/mol. The Bertz CT molecular complexity index is 1090. The van der Waals surface area contributed by atoms with E-state index in [1.807, 2.05) is 24.3 Å². The van der Waals surface area contributed by atoms with Crippen LogP contribution in [0.15, 0.2) is 72.8 Å². The van der Waals surface area contributed by atoms with Crippen LogP contribution in [-0.4, -0.2) is 9.97 Å². The van der Waals surface area contributed by atoms with Gasteiger partial charge in [-0.1, -0.05) is 86.7 Å². The SMILES string of the molecule is CCc1ccc(C=Cc2nc3ccccc3nc2C=Cc2ccc(CC)cc2)cc1. The highest BCUT2D eigenvalue weighted by Crippen LogP contribution is 2.18. The second kappa shape index (κ2) is 9.32. The summed E-state index contributed by atoms with van der Waals surface area (Å²) in [6.07, 6.45) is 10.4. The molecule has 0 aliphatic rings. The van der Waals surface area contributed by atoms with Crippen molar-refractivity contribution in [3.63, 3.8) is 0 Å². The normalized spacial score (nSPS) is 11.7. The number of aromatic nitrogens is 2. The molecule has 148 valence electrons. The lowest BCUT2D eigenvalue weighted by Crippen LogP contribution is -1.93. The van der Waals surface area contributed by atoms with Crippen LogP contribution in [0, 0.1) is 0 Å². The first-order valence-electron chi connectivity index (χ1n) is 10.6. The Labute approximate surface area is 178 Å². The van der Waals surface area contributed by atoms with Gasteiger partial charge in [-0.15, -0.1) is 0 Å². The van der Waals surface area contributed by atoms with Crippen LogP contribution in [0.25, 0.3) is 35.3 Å². The van der Waals surface area contributed by atoms with Crippen LogP contribution < -0.4 is 0 Å². The Morgan fingerprint density at radius 2 is 0.933 bits per heavy atom. The summed E-state index contributed by atoms with van der Waals surface area (Å²) in [5.41, 5.74) is 8.56. The van der Waals surface area contributed by atoms with E-state index in [0.717, 1.165) is 46.4 Å². The zero-order valence-electron chi connectivity index (χ0n) is 17.5. The summed E-state index contributed by atoms with van der Waals surface area (Å²) < 4.78 is 0. The van der Waals surface area contributed by atoms with Crippen LogP contribution in [0.5, 0.6) is 0 Å². The summed E-state index contributed by atoms with van der Waals surface area (Å²) in [6.45, 7) is 4.34. The van der Waals surface area contributed by atoms with Crippen LogP contribution in [0.3, 0.4) is 0 Å². The van der Waals surface area contributed by atoms with Crippen molar-refractivity contribution in [2.75, 3.05) is 0 Å². The Morgan fingerprint density at radius 3 is 1.30 bits per heavy atom. The van der Waals surface area contributed by atoms with Gasteiger partial charge in [0.2, 0.25) is 0 Å². The first-order valence-corrected chi connectivity index (χ1v) is 10.6. The van der Waals surface area contributed by atoms with Gasteiger partial charge >= 0.3 is 0 Å². The van der Waals surface area contributed by atoms with Gasteiger partial charge in [0.15, 0.2) is 0 Å². The molecule has 1 heterocycles. The first-order chi connectivity index (χ1) is 14.7. The second-order valence-electron chi connectivity index (χ2n) is 7.34. The van der Waals surface area contributed by atoms with E-state index in [1.54, 1.807) is 0 Å². The summed E-state index contributed by atoms with van der Waals surface area (Å²) >= 11 is 0. The molecular weight excluding hydrogens is 364 g/mol. The summed E-state index contributed by atoms with van der Waals surface area (Å²) in [4.78, 5) is 9.73. The van der Waals surface area contributed by atoms with Crippen LogP contribution in [0.1, 0.15) is 47.5 Å². The van der Waals surface area contributed by atoms with Crippen LogP contribution in [0.4, 0.5) is 0 Å². The van der Waals surface area contributed by atoms with Crippen molar-refractivity contribution >= 4 is 35.3 Å². The van der Waals surface area contributed by atoms with Crippen molar-refractivity contribution in [2.24, 2.45) is 0 Å². The molecule has 0 atom stereocenters. The maximum absolute atomic E-state index is 4.86. The molecule has 0 fully saturated rings. The molecule has 4 rings (SSSR count). The largest absolute Gasteiger partial charge is 0.245 e. The Kier molecular flexibility index (Phi) is 6.14. The zero-order chi connectivity index (χ0) is 20.8. The van der Waals surface area contributed by atoms with Crippen molar-refractivity contribution in [1.82, 2.24) is 9.97 Å². The first kappa shape index (κ1) is 19.8.